The molecule has 1 heterocycles. The van der Waals surface area contributed by atoms with E-state index in [0.29, 0.717) is 32.1 Å². The summed E-state index contributed by atoms with van der Waals surface area (Å²) in [5, 5.41) is 42.7. The van der Waals surface area contributed by atoms with E-state index in [2.05, 4.69) is 10.6 Å². The smallest absolute Gasteiger partial charge is 0.326 e. The van der Waals surface area contributed by atoms with Crippen LogP contribution in [0.15, 0.2) is 30.3 Å². The minimum atomic E-state index is -1.27. The summed E-state index contributed by atoms with van der Waals surface area (Å²) in [6.45, 7) is -1.23. The number of aryl methyl sites for hydroxylation is 1. The van der Waals surface area contributed by atoms with Crippen LogP contribution in [-0.2, 0) is 35.2 Å². The molecule has 6 N–H and O–H groups in total. The average molecular weight is 579 g/mol. The van der Waals surface area contributed by atoms with Gasteiger partial charge in [0, 0.05) is 13.1 Å². The number of nitrogens with zero attached hydrogens (tertiary/aromatic N) is 2. The molecular formula is C27H38N4O10. The molecule has 0 saturated carbocycles. The van der Waals surface area contributed by atoms with Gasteiger partial charge in [-0.1, -0.05) is 30.3 Å². The zero-order chi connectivity index (χ0) is 30.4. The number of carboxylic acids is 4. The van der Waals surface area contributed by atoms with Crippen molar-refractivity contribution in [2.24, 2.45) is 0 Å². The molecule has 1 aromatic carbocycles. The number of carbonyl (C=O) groups is 6. The Morgan fingerprint density at radius 3 is 2.12 bits per heavy atom. The van der Waals surface area contributed by atoms with Crippen LogP contribution in [0.1, 0.15) is 44.1 Å². The maximum Gasteiger partial charge on any atom is 0.326 e. The zero-order valence-corrected chi connectivity index (χ0v) is 22.7. The largest absolute Gasteiger partial charge is 0.480 e. The SMILES string of the molecule is O=C(O)CN(CC(=O)O)CC(=O)NCCCC[C@H](N[C@@H](CCc1ccccc1)C(=O)O)C(=O)N1CCC[C@H]1C(=O)O. The molecule has 1 saturated heterocycles. The van der Waals surface area contributed by atoms with Gasteiger partial charge >= 0.3 is 23.9 Å². The van der Waals surface area contributed by atoms with Crippen molar-refractivity contribution in [1.29, 1.82) is 0 Å². The first-order valence-corrected chi connectivity index (χ1v) is 13.5. The monoisotopic (exact) mass is 578 g/mol. The first-order valence-electron chi connectivity index (χ1n) is 13.5. The number of aliphatic carboxylic acids is 4. The third-order valence-corrected chi connectivity index (χ3v) is 6.71. The van der Waals surface area contributed by atoms with Crippen LogP contribution < -0.4 is 10.6 Å². The molecule has 2 amide bonds. The Labute approximate surface area is 237 Å². The maximum absolute atomic E-state index is 13.4. The van der Waals surface area contributed by atoms with Crippen LogP contribution in [0.5, 0.6) is 0 Å². The lowest BCUT2D eigenvalue weighted by molar-refractivity contribution is -0.149. The second kappa shape index (κ2) is 16.9. The Balaban J connectivity index is 1.98. The van der Waals surface area contributed by atoms with E-state index in [1.807, 2.05) is 30.3 Å². The molecule has 3 atom stereocenters. The number of unbranched alkanes of at least 4 members (excludes halogenated alkanes) is 1. The molecule has 226 valence electrons. The summed E-state index contributed by atoms with van der Waals surface area (Å²) in [6.07, 6.45) is 2.48. The fourth-order valence-electron chi connectivity index (χ4n) is 4.75. The van der Waals surface area contributed by atoms with E-state index in [4.69, 9.17) is 10.2 Å². The van der Waals surface area contributed by atoms with Gasteiger partial charge in [-0.25, -0.2) is 4.79 Å². The summed E-state index contributed by atoms with van der Waals surface area (Å²) >= 11 is 0. The molecule has 1 aliphatic heterocycles. The molecule has 41 heavy (non-hydrogen) atoms. The average Bonchev–Trinajstić information content (AvgIpc) is 3.39. The highest BCUT2D eigenvalue weighted by molar-refractivity contribution is 5.88. The quantitative estimate of drug-likeness (QED) is 0.118. The molecule has 2 rings (SSSR count). The van der Waals surface area contributed by atoms with Gasteiger partial charge in [-0.3, -0.25) is 34.2 Å². The molecule has 0 bridgehead atoms. The number of rotatable bonds is 19. The normalized spacial score (nSPS) is 16.2. The topological polar surface area (TPSA) is 214 Å². The number of hydrogen-bond acceptors (Lipinski definition) is 8. The molecule has 0 aliphatic carbocycles. The van der Waals surface area contributed by atoms with Crippen molar-refractivity contribution in [1.82, 2.24) is 20.4 Å². The minimum Gasteiger partial charge on any atom is -0.480 e. The van der Waals surface area contributed by atoms with Gasteiger partial charge in [-0.05, 0) is 50.5 Å². The Morgan fingerprint density at radius 2 is 1.54 bits per heavy atom. The summed E-state index contributed by atoms with van der Waals surface area (Å²) in [7, 11) is 0. The lowest BCUT2D eigenvalue weighted by Crippen LogP contribution is -2.54. The van der Waals surface area contributed by atoms with Gasteiger partial charge in [0.2, 0.25) is 11.8 Å². The van der Waals surface area contributed by atoms with Crippen LogP contribution >= 0.6 is 0 Å². The number of carbonyl (C=O) groups excluding carboxylic acids is 2. The molecule has 1 aromatic rings. The molecule has 0 spiro atoms. The van der Waals surface area contributed by atoms with Gasteiger partial charge in [0.25, 0.3) is 0 Å². The third-order valence-electron chi connectivity index (χ3n) is 6.71. The molecule has 0 aromatic heterocycles. The van der Waals surface area contributed by atoms with Crippen molar-refractivity contribution < 1.29 is 49.2 Å². The number of carboxylic acid groups (broad SMARTS) is 4. The summed E-state index contributed by atoms with van der Waals surface area (Å²) in [4.78, 5) is 73.3. The second-order valence-corrected chi connectivity index (χ2v) is 9.94. The molecule has 0 radical (unpaired) electrons. The molecule has 14 nitrogen and oxygen atoms in total. The molecule has 1 fully saturated rings. The van der Waals surface area contributed by atoms with E-state index < -0.39 is 73.5 Å². The van der Waals surface area contributed by atoms with Crippen LogP contribution in [-0.4, -0.2) is 117 Å². The van der Waals surface area contributed by atoms with E-state index in [-0.39, 0.29) is 25.9 Å². The first kappa shape index (κ1) is 33.2. The van der Waals surface area contributed by atoms with E-state index in [9.17, 15) is 39.0 Å². The standard InChI is InChI=1S/C27H38N4O10/c32-22(15-30(16-23(33)34)17-24(35)36)28-13-5-4-9-19(25(37)31-14-6-10-21(31)27(40)41)29-20(26(38)39)12-11-18-7-2-1-3-8-18/h1-3,7-8,19-21,29H,4-6,9-17H2,(H,28,32)(H,33,34)(H,35,36)(H,38,39)(H,40,41)/t19-,20-,21-/m0/s1. The van der Waals surface area contributed by atoms with E-state index >= 15 is 0 Å². The highest BCUT2D eigenvalue weighted by Crippen LogP contribution is 2.20. The summed E-state index contributed by atoms with van der Waals surface area (Å²) in [6, 6.07) is 6.31. The van der Waals surface area contributed by atoms with Gasteiger partial charge < -0.3 is 30.6 Å². The minimum absolute atomic E-state index is 0.158. The predicted octanol–water partition coefficient (Wildman–Crippen LogP) is -0.136. The fourth-order valence-corrected chi connectivity index (χ4v) is 4.75. The fraction of sp³-hybridized carbons (Fsp3) is 0.556. The highest BCUT2D eigenvalue weighted by atomic mass is 16.4. The summed E-state index contributed by atoms with van der Waals surface area (Å²) in [5.41, 5.74) is 0.940. The number of likely N-dealkylation sites (tertiary alicyclic amines) is 1. The molecule has 1 aliphatic rings. The lowest BCUT2D eigenvalue weighted by Gasteiger charge is -2.29. The second-order valence-electron chi connectivity index (χ2n) is 9.94. The van der Waals surface area contributed by atoms with E-state index in [1.54, 1.807) is 0 Å². The van der Waals surface area contributed by atoms with Gasteiger partial charge in [-0.15, -0.1) is 0 Å². The zero-order valence-electron chi connectivity index (χ0n) is 22.7. The van der Waals surface area contributed by atoms with Crippen molar-refractivity contribution >= 4 is 35.7 Å². The van der Waals surface area contributed by atoms with Crippen molar-refractivity contribution in [2.75, 3.05) is 32.7 Å². The number of hydrogen-bond donors (Lipinski definition) is 6. The third kappa shape index (κ3) is 11.9. The van der Waals surface area contributed by atoms with Gasteiger partial charge in [-0.2, -0.15) is 0 Å². The highest BCUT2D eigenvalue weighted by Gasteiger charge is 2.38. The van der Waals surface area contributed by atoms with Crippen LogP contribution in [0.2, 0.25) is 0 Å². The Morgan fingerprint density at radius 1 is 0.878 bits per heavy atom. The predicted molar refractivity (Wildman–Crippen MR) is 144 cm³/mol. The van der Waals surface area contributed by atoms with Crippen LogP contribution in [0, 0.1) is 0 Å². The van der Waals surface area contributed by atoms with Crippen LogP contribution in [0.3, 0.4) is 0 Å². The van der Waals surface area contributed by atoms with Crippen molar-refractivity contribution in [2.45, 2.75) is 63.1 Å². The Bertz CT molecular complexity index is 1050. The summed E-state index contributed by atoms with van der Waals surface area (Å²) in [5.74, 6) is -5.83. The number of benzene rings is 1. The molecule has 14 heteroatoms. The molecule has 0 unspecified atom stereocenters. The van der Waals surface area contributed by atoms with Crippen LogP contribution in [0.25, 0.3) is 0 Å². The summed E-state index contributed by atoms with van der Waals surface area (Å²) < 4.78 is 0. The molecular weight excluding hydrogens is 540 g/mol. The van der Waals surface area contributed by atoms with E-state index in [1.165, 1.54) is 4.90 Å². The Kier molecular flexibility index (Phi) is 13.7. The van der Waals surface area contributed by atoms with Gasteiger partial charge in [0.05, 0.1) is 25.7 Å². The van der Waals surface area contributed by atoms with Crippen molar-refractivity contribution in [3.8, 4) is 0 Å². The van der Waals surface area contributed by atoms with Crippen LogP contribution in [0.4, 0.5) is 0 Å². The Hall–Kier alpha value is -4.04. The van der Waals surface area contributed by atoms with Crippen molar-refractivity contribution in [3.05, 3.63) is 35.9 Å². The van der Waals surface area contributed by atoms with Gasteiger partial charge in [0.15, 0.2) is 0 Å². The number of nitrogens with one attached hydrogen (secondary N) is 2. The number of amides is 2. The maximum atomic E-state index is 13.4. The van der Waals surface area contributed by atoms with Crippen molar-refractivity contribution in [3.63, 3.8) is 0 Å². The first-order chi connectivity index (χ1) is 19.5. The van der Waals surface area contributed by atoms with E-state index in [0.717, 1.165) is 10.5 Å². The lowest BCUT2D eigenvalue weighted by atomic mass is 10.0. The van der Waals surface area contributed by atoms with Gasteiger partial charge in [0.1, 0.15) is 12.1 Å².